The normalized spacial score (nSPS) is 12.9. The van der Waals surface area contributed by atoms with Gasteiger partial charge < -0.3 is 19.3 Å². The van der Waals surface area contributed by atoms with Crippen molar-refractivity contribution < 1.29 is 9.47 Å². The molecule has 0 amide bonds. The van der Waals surface area contributed by atoms with Crippen LogP contribution in [0.4, 0.5) is 0 Å². The van der Waals surface area contributed by atoms with Gasteiger partial charge in [-0.05, 0) is 90.3 Å². The topological polar surface area (TPSA) is 24.9 Å². The van der Waals surface area contributed by atoms with Crippen LogP contribution < -0.4 is 9.47 Å². The van der Waals surface area contributed by atoms with Crippen molar-refractivity contribution in [2.75, 3.05) is 52.5 Å². The molecule has 0 aliphatic heterocycles. The van der Waals surface area contributed by atoms with Crippen LogP contribution in [0.25, 0.3) is 11.1 Å². The molecule has 196 valence electrons. The van der Waals surface area contributed by atoms with Crippen molar-refractivity contribution in [3.8, 4) is 11.5 Å². The largest absolute Gasteiger partial charge is 0.492 e. The number of hydrogen-bond acceptors (Lipinski definition) is 4. The van der Waals surface area contributed by atoms with Crippen molar-refractivity contribution in [1.29, 1.82) is 0 Å². The standard InChI is InChI=1S/C33H42N2O2/c1-5-34(6-2)21-23-36-29-17-13-26(14-18-29)32-25-28-11-9-10-12-31(28)33(32)27-15-19-30(20-16-27)37-24-22-35(7-3)8-4/h9-20H,5-8,21-25H2,1-4H3. The van der Waals surface area contributed by atoms with Crippen molar-refractivity contribution in [3.05, 3.63) is 95.1 Å². The van der Waals surface area contributed by atoms with Gasteiger partial charge in [-0.2, -0.15) is 0 Å². The SMILES string of the molecule is CCN(CC)CCOc1ccc(C2=C(c3ccc(OCCN(CC)CC)cc3)c3ccccc3C2)cc1. The number of benzene rings is 3. The van der Waals surface area contributed by atoms with Gasteiger partial charge in [0.05, 0.1) is 0 Å². The van der Waals surface area contributed by atoms with E-state index in [1.165, 1.54) is 33.4 Å². The molecule has 1 aliphatic rings. The van der Waals surface area contributed by atoms with E-state index in [4.69, 9.17) is 9.47 Å². The fourth-order valence-corrected chi connectivity index (χ4v) is 5.07. The van der Waals surface area contributed by atoms with E-state index in [1.807, 2.05) is 0 Å². The monoisotopic (exact) mass is 498 g/mol. The molecule has 4 rings (SSSR count). The first-order valence-electron chi connectivity index (χ1n) is 13.9. The molecule has 0 saturated carbocycles. The van der Waals surface area contributed by atoms with Crippen LogP contribution in [0.1, 0.15) is 49.9 Å². The molecule has 0 atom stereocenters. The Balaban J connectivity index is 1.51. The number of allylic oxidation sites excluding steroid dienone is 1. The first-order valence-corrected chi connectivity index (χ1v) is 13.9. The molecule has 0 N–H and O–H groups in total. The van der Waals surface area contributed by atoms with Gasteiger partial charge in [-0.25, -0.2) is 0 Å². The summed E-state index contributed by atoms with van der Waals surface area (Å²) in [6.07, 6.45) is 0.940. The van der Waals surface area contributed by atoms with Crippen molar-refractivity contribution in [2.24, 2.45) is 0 Å². The summed E-state index contributed by atoms with van der Waals surface area (Å²) < 4.78 is 12.1. The van der Waals surface area contributed by atoms with Crippen LogP contribution in [0.15, 0.2) is 72.8 Å². The van der Waals surface area contributed by atoms with Gasteiger partial charge in [0.1, 0.15) is 24.7 Å². The molecule has 0 aromatic heterocycles. The quantitative estimate of drug-likeness (QED) is 0.249. The Morgan fingerprint density at radius 3 is 1.59 bits per heavy atom. The summed E-state index contributed by atoms with van der Waals surface area (Å²) in [5.41, 5.74) is 7.88. The number of fused-ring (bicyclic) bond motifs is 1. The van der Waals surface area contributed by atoms with Crippen LogP contribution in [0, 0.1) is 0 Å². The van der Waals surface area contributed by atoms with Gasteiger partial charge in [0.15, 0.2) is 0 Å². The van der Waals surface area contributed by atoms with Gasteiger partial charge in [-0.3, -0.25) is 0 Å². The Labute approximate surface area is 223 Å². The summed E-state index contributed by atoms with van der Waals surface area (Å²) in [5, 5.41) is 0. The maximum absolute atomic E-state index is 6.04. The third kappa shape index (κ3) is 6.82. The summed E-state index contributed by atoms with van der Waals surface area (Å²) in [6, 6.07) is 26.0. The van der Waals surface area contributed by atoms with Crippen LogP contribution in [0.2, 0.25) is 0 Å². The van der Waals surface area contributed by atoms with E-state index in [0.29, 0.717) is 13.2 Å². The molecule has 0 saturated heterocycles. The maximum atomic E-state index is 6.04. The lowest BCUT2D eigenvalue weighted by Crippen LogP contribution is -2.27. The fraction of sp³-hybridized carbons (Fsp3) is 0.394. The second kappa shape index (κ2) is 13.5. The van der Waals surface area contributed by atoms with Crippen LogP contribution in [0.3, 0.4) is 0 Å². The molecule has 0 heterocycles. The summed E-state index contributed by atoms with van der Waals surface area (Å²) in [7, 11) is 0. The summed E-state index contributed by atoms with van der Waals surface area (Å²) in [4.78, 5) is 4.75. The Morgan fingerprint density at radius 1 is 0.595 bits per heavy atom. The molecule has 3 aromatic carbocycles. The molecule has 3 aromatic rings. The van der Waals surface area contributed by atoms with E-state index in [2.05, 4.69) is 110 Å². The lowest BCUT2D eigenvalue weighted by Gasteiger charge is -2.18. The van der Waals surface area contributed by atoms with Gasteiger partial charge in [0.2, 0.25) is 0 Å². The molecule has 4 heteroatoms. The lowest BCUT2D eigenvalue weighted by atomic mass is 9.94. The maximum Gasteiger partial charge on any atom is 0.119 e. The predicted octanol–water partition coefficient (Wildman–Crippen LogP) is 6.64. The molecule has 0 radical (unpaired) electrons. The zero-order valence-electron chi connectivity index (χ0n) is 23.0. The zero-order valence-corrected chi connectivity index (χ0v) is 23.0. The van der Waals surface area contributed by atoms with Crippen molar-refractivity contribution >= 4 is 11.1 Å². The van der Waals surface area contributed by atoms with Gasteiger partial charge in [-0.1, -0.05) is 76.2 Å². The minimum absolute atomic E-state index is 0.709. The third-order valence-electron chi connectivity index (χ3n) is 7.44. The average molecular weight is 499 g/mol. The van der Waals surface area contributed by atoms with Gasteiger partial charge >= 0.3 is 0 Å². The van der Waals surface area contributed by atoms with Crippen molar-refractivity contribution in [3.63, 3.8) is 0 Å². The number of rotatable bonds is 14. The first kappa shape index (κ1) is 27.0. The Morgan fingerprint density at radius 2 is 1.08 bits per heavy atom. The molecule has 0 spiro atoms. The Kier molecular flexibility index (Phi) is 9.81. The average Bonchev–Trinajstić information content (AvgIpc) is 3.34. The van der Waals surface area contributed by atoms with E-state index in [0.717, 1.165) is 57.2 Å². The van der Waals surface area contributed by atoms with Crippen molar-refractivity contribution in [1.82, 2.24) is 9.80 Å². The summed E-state index contributed by atoms with van der Waals surface area (Å²) in [6.45, 7) is 16.3. The van der Waals surface area contributed by atoms with E-state index < -0.39 is 0 Å². The first-order chi connectivity index (χ1) is 18.2. The Hall–Kier alpha value is -3.08. The zero-order chi connectivity index (χ0) is 26.0. The fourth-order valence-electron chi connectivity index (χ4n) is 5.07. The molecule has 0 bridgehead atoms. The van der Waals surface area contributed by atoms with E-state index in [1.54, 1.807) is 0 Å². The summed E-state index contributed by atoms with van der Waals surface area (Å²) in [5.74, 6) is 1.86. The second-order valence-corrected chi connectivity index (χ2v) is 9.49. The molecular weight excluding hydrogens is 456 g/mol. The van der Waals surface area contributed by atoms with Crippen LogP contribution in [-0.2, 0) is 6.42 Å². The Bertz CT molecular complexity index is 1140. The van der Waals surface area contributed by atoms with Gasteiger partial charge in [0.25, 0.3) is 0 Å². The summed E-state index contributed by atoms with van der Waals surface area (Å²) >= 11 is 0. The van der Waals surface area contributed by atoms with Crippen LogP contribution in [-0.4, -0.2) is 62.3 Å². The number of nitrogens with zero attached hydrogens (tertiary/aromatic N) is 2. The second-order valence-electron chi connectivity index (χ2n) is 9.49. The molecule has 0 unspecified atom stereocenters. The highest BCUT2D eigenvalue weighted by molar-refractivity contribution is 6.03. The van der Waals surface area contributed by atoms with Crippen LogP contribution >= 0.6 is 0 Å². The number of hydrogen-bond donors (Lipinski definition) is 0. The van der Waals surface area contributed by atoms with Crippen LogP contribution in [0.5, 0.6) is 11.5 Å². The van der Waals surface area contributed by atoms with E-state index in [9.17, 15) is 0 Å². The minimum atomic E-state index is 0.709. The molecule has 4 nitrogen and oxygen atoms in total. The van der Waals surface area contributed by atoms with E-state index in [-0.39, 0.29) is 0 Å². The third-order valence-corrected chi connectivity index (χ3v) is 7.44. The predicted molar refractivity (Wildman–Crippen MR) is 156 cm³/mol. The smallest absolute Gasteiger partial charge is 0.119 e. The minimum Gasteiger partial charge on any atom is -0.492 e. The number of likely N-dealkylation sites (N-methyl/N-ethyl adjacent to an activating group) is 2. The molecule has 0 fully saturated rings. The lowest BCUT2D eigenvalue weighted by molar-refractivity contribution is 0.223. The highest BCUT2D eigenvalue weighted by Gasteiger charge is 2.23. The van der Waals surface area contributed by atoms with Gasteiger partial charge in [0, 0.05) is 13.1 Å². The van der Waals surface area contributed by atoms with E-state index >= 15 is 0 Å². The van der Waals surface area contributed by atoms with Crippen molar-refractivity contribution in [2.45, 2.75) is 34.1 Å². The molecule has 1 aliphatic carbocycles. The molecule has 37 heavy (non-hydrogen) atoms. The highest BCUT2D eigenvalue weighted by Crippen LogP contribution is 2.42. The molecular formula is C33H42N2O2. The highest BCUT2D eigenvalue weighted by atomic mass is 16.5. The van der Waals surface area contributed by atoms with Gasteiger partial charge in [-0.15, -0.1) is 0 Å². The number of ether oxygens (including phenoxy) is 2.